The third-order valence-corrected chi connectivity index (χ3v) is 5.00. The first kappa shape index (κ1) is 28.4. The molecule has 0 aliphatic carbocycles. The van der Waals surface area contributed by atoms with Gasteiger partial charge in [0.25, 0.3) is 0 Å². The van der Waals surface area contributed by atoms with Crippen LogP contribution in [0.2, 0.25) is 0 Å². The van der Waals surface area contributed by atoms with E-state index in [4.69, 9.17) is 4.74 Å². The number of phenolic OH excluding ortho intramolecular Hbond substituents is 1. The minimum absolute atomic E-state index is 0.00760. The summed E-state index contributed by atoms with van der Waals surface area (Å²) in [5, 5.41) is 15.5. The van der Waals surface area contributed by atoms with Crippen LogP contribution in [0.4, 0.5) is 4.79 Å². The fourth-order valence-electron chi connectivity index (χ4n) is 3.29. The number of nitrogens with one attached hydrogen (secondary N) is 2. The average molecular weight is 480 g/mol. The van der Waals surface area contributed by atoms with Crippen molar-refractivity contribution < 1.29 is 24.2 Å². The second kappa shape index (κ2) is 13.1. The van der Waals surface area contributed by atoms with Gasteiger partial charge in [-0.2, -0.15) is 12.6 Å². The van der Waals surface area contributed by atoms with Crippen molar-refractivity contribution in [1.82, 2.24) is 15.5 Å². The van der Waals surface area contributed by atoms with Gasteiger partial charge in [0.2, 0.25) is 11.8 Å². The molecule has 3 N–H and O–H groups in total. The van der Waals surface area contributed by atoms with Crippen molar-refractivity contribution in [2.45, 2.75) is 71.2 Å². The molecule has 0 aromatic heterocycles. The predicted molar refractivity (Wildman–Crippen MR) is 132 cm³/mol. The number of carbonyl (C=O) groups excluding carboxylic acids is 3. The van der Waals surface area contributed by atoms with E-state index in [-0.39, 0.29) is 24.1 Å². The lowest BCUT2D eigenvalue weighted by Crippen LogP contribution is -2.54. The average Bonchev–Trinajstić information content (AvgIpc) is 2.70. The second-order valence-electron chi connectivity index (χ2n) is 8.86. The number of amides is 3. The Morgan fingerprint density at radius 1 is 1.27 bits per heavy atom. The van der Waals surface area contributed by atoms with Crippen molar-refractivity contribution in [3.05, 3.63) is 42.5 Å². The molecule has 0 spiro atoms. The maximum atomic E-state index is 13.5. The van der Waals surface area contributed by atoms with Gasteiger partial charge in [-0.1, -0.05) is 31.6 Å². The summed E-state index contributed by atoms with van der Waals surface area (Å²) in [4.78, 5) is 40.4. The van der Waals surface area contributed by atoms with Crippen molar-refractivity contribution in [2.75, 3.05) is 12.3 Å². The fraction of sp³-hybridized carbons (Fsp3) is 0.542. The standard InChI is InChI=1S/C24H37N3O5S/c1-7-10-16(3)25-21(29)20(17-11-9-12-18(28)14-17)27(13-8-2)22(30)19(15-33)26-23(31)32-24(4,5)6/h8-9,11-12,14,16,19-20,28,33H,2,7,10,13,15H2,1,3-6H3,(H,25,29)(H,26,31). The molecule has 0 bridgehead atoms. The minimum Gasteiger partial charge on any atom is -0.508 e. The van der Waals surface area contributed by atoms with Gasteiger partial charge in [-0.3, -0.25) is 9.59 Å². The molecule has 184 valence electrons. The van der Waals surface area contributed by atoms with Crippen LogP contribution < -0.4 is 10.6 Å². The maximum Gasteiger partial charge on any atom is 0.408 e. The Kier molecular flexibility index (Phi) is 11.3. The Labute approximate surface area is 202 Å². The van der Waals surface area contributed by atoms with Crippen LogP contribution in [-0.2, 0) is 14.3 Å². The van der Waals surface area contributed by atoms with Gasteiger partial charge in [0.15, 0.2) is 0 Å². The van der Waals surface area contributed by atoms with E-state index in [1.165, 1.54) is 23.1 Å². The molecule has 0 aliphatic heterocycles. The summed E-state index contributed by atoms with van der Waals surface area (Å²) in [7, 11) is 0. The van der Waals surface area contributed by atoms with Crippen LogP contribution >= 0.6 is 12.6 Å². The zero-order valence-electron chi connectivity index (χ0n) is 20.1. The van der Waals surface area contributed by atoms with Gasteiger partial charge in [-0.15, -0.1) is 6.58 Å². The van der Waals surface area contributed by atoms with Crippen molar-refractivity contribution in [3.63, 3.8) is 0 Å². The Hall–Kier alpha value is -2.68. The molecule has 1 aromatic carbocycles. The maximum absolute atomic E-state index is 13.5. The highest BCUT2D eigenvalue weighted by molar-refractivity contribution is 7.80. The number of benzene rings is 1. The van der Waals surface area contributed by atoms with E-state index in [9.17, 15) is 19.5 Å². The molecule has 0 saturated heterocycles. The van der Waals surface area contributed by atoms with E-state index in [2.05, 4.69) is 29.8 Å². The highest BCUT2D eigenvalue weighted by Crippen LogP contribution is 2.26. The Bertz CT molecular complexity index is 825. The van der Waals surface area contributed by atoms with Crippen LogP contribution in [0.15, 0.2) is 36.9 Å². The summed E-state index contributed by atoms with van der Waals surface area (Å²) < 4.78 is 5.26. The van der Waals surface area contributed by atoms with Crippen LogP contribution in [0.25, 0.3) is 0 Å². The van der Waals surface area contributed by atoms with Crippen LogP contribution in [0.5, 0.6) is 5.75 Å². The topological polar surface area (TPSA) is 108 Å². The van der Waals surface area contributed by atoms with E-state index in [1.54, 1.807) is 32.9 Å². The number of alkyl carbamates (subject to hydrolysis) is 1. The highest BCUT2D eigenvalue weighted by Gasteiger charge is 2.35. The lowest BCUT2D eigenvalue weighted by molar-refractivity contribution is -0.141. The first-order valence-corrected chi connectivity index (χ1v) is 11.7. The molecule has 0 heterocycles. The number of hydrogen-bond acceptors (Lipinski definition) is 6. The summed E-state index contributed by atoms with van der Waals surface area (Å²) in [5.41, 5.74) is -0.310. The molecule has 3 unspecified atom stereocenters. The van der Waals surface area contributed by atoms with E-state index < -0.39 is 35.6 Å². The quantitative estimate of drug-likeness (QED) is 0.287. The van der Waals surface area contributed by atoms with Crippen molar-refractivity contribution >= 4 is 30.5 Å². The van der Waals surface area contributed by atoms with Crippen molar-refractivity contribution in [2.24, 2.45) is 0 Å². The zero-order chi connectivity index (χ0) is 25.2. The molecule has 1 aromatic rings. The zero-order valence-corrected chi connectivity index (χ0v) is 21.0. The molecular weight excluding hydrogens is 442 g/mol. The number of hydrogen-bond donors (Lipinski definition) is 4. The number of phenols is 1. The first-order valence-electron chi connectivity index (χ1n) is 11.0. The number of rotatable bonds is 11. The third kappa shape index (κ3) is 9.37. The second-order valence-corrected chi connectivity index (χ2v) is 9.22. The molecular formula is C24H37N3O5S. The molecule has 0 radical (unpaired) electrons. The summed E-state index contributed by atoms with van der Waals surface area (Å²) >= 11 is 4.23. The molecule has 8 nitrogen and oxygen atoms in total. The minimum atomic E-state index is -1.05. The fourth-order valence-corrected chi connectivity index (χ4v) is 3.54. The van der Waals surface area contributed by atoms with Crippen LogP contribution in [-0.4, -0.2) is 57.9 Å². The molecule has 1 rings (SSSR count). The van der Waals surface area contributed by atoms with Gasteiger partial charge in [0.05, 0.1) is 0 Å². The summed E-state index contributed by atoms with van der Waals surface area (Å²) in [5.74, 6) is -0.961. The third-order valence-electron chi connectivity index (χ3n) is 4.64. The Morgan fingerprint density at radius 2 is 1.94 bits per heavy atom. The molecule has 9 heteroatoms. The van der Waals surface area contributed by atoms with Gasteiger partial charge < -0.3 is 25.4 Å². The van der Waals surface area contributed by atoms with E-state index in [1.807, 2.05) is 13.8 Å². The smallest absolute Gasteiger partial charge is 0.408 e. The number of aromatic hydroxyl groups is 1. The molecule has 33 heavy (non-hydrogen) atoms. The van der Waals surface area contributed by atoms with Crippen LogP contribution in [0.1, 0.15) is 59.1 Å². The number of ether oxygens (including phenoxy) is 1. The Balaban J connectivity index is 3.32. The van der Waals surface area contributed by atoms with E-state index in [0.717, 1.165) is 12.8 Å². The predicted octanol–water partition coefficient (Wildman–Crippen LogP) is 3.58. The molecule has 0 fully saturated rings. The lowest BCUT2D eigenvalue weighted by Gasteiger charge is -2.34. The Morgan fingerprint density at radius 3 is 2.45 bits per heavy atom. The molecule has 3 atom stereocenters. The monoisotopic (exact) mass is 479 g/mol. The summed E-state index contributed by atoms with van der Waals surface area (Å²) in [6, 6.07) is 3.99. The van der Waals surface area contributed by atoms with E-state index in [0.29, 0.717) is 5.56 Å². The van der Waals surface area contributed by atoms with Gasteiger partial charge in [0.1, 0.15) is 23.4 Å². The van der Waals surface area contributed by atoms with Gasteiger partial charge >= 0.3 is 6.09 Å². The summed E-state index contributed by atoms with van der Waals surface area (Å²) in [6.07, 6.45) is 2.39. The van der Waals surface area contributed by atoms with Crippen molar-refractivity contribution in [3.8, 4) is 5.75 Å². The van der Waals surface area contributed by atoms with Gasteiger partial charge in [-0.05, 0) is 51.8 Å². The number of thiol groups is 1. The summed E-state index contributed by atoms with van der Waals surface area (Å²) in [6.45, 7) is 12.8. The van der Waals surface area contributed by atoms with Gasteiger partial charge in [0, 0.05) is 18.3 Å². The SMILES string of the molecule is C=CCN(C(=O)C(CS)NC(=O)OC(C)(C)C)C(C(=O)NC(C)CCC)c1cccc(O)c1. The lowest BCUT2D eigenvalue weighted by atomic mass is 10.0. The molecule has 3 amide bonds. The van der Waals surface area contributed by atoms with Crippen LogP contribution in [0.3, 0.4) is 0 Å². The molecule has 0 aliphatic rings. The largest absolute Gasteiger partial charge is 0.508 e. The number of nitrogens with zero attached hydrogens (tertiary/aromatic N) is 1. The first-order chi connectivity index (χ1) is 15.4. The highest BCUT2D eigenvalue weighted by atomic mass is 32.1. The van der Waals surface area contributed by atoms with Gasteiger partial charge in [-0.25, -0.2) is 4.79 Å². The molecule has 0 saturated carbocycles. The normalized spacial score (nSPS) is 13.9. The number of carbonyl (C=O) groups is 3. The van der Waals surface area contributed by atoms with Crippen LogP contribution in [0, 0.1) is 0 Å². The van der Waals surface area contributed by atoms with Crippen molar-refractivity contribution in [1.29, 1.82) is 0 Å². The van der Waals surface area contributed by atoms with E-state index >= 15 is 0 Å².